The number of nitrogens with zero attached hydrogens (tertiary/aromatic N) is 2. The standard InChI is InChI=1S/C15H21N3O3.ClH/c1-17-6-8-18(9-7-17)5-4-15(19)16-12-2-3-13-14(10-12)21-11-20-13;/h2-3,10H,4-9,11H2,1H3,(H,16,19);1H. The Labute approximate surface area is 136 Å². The van der Waals surface area contributed by atoms with Gasteiger partial charge in [-0.3, -0.25) is 4.79 Å². The molecule has 0 unspecified atom stereocenters. The lowest BCUT2D eigenvalue weighted by atomic mass is 10.2. The largest absolute Gasteiger partial charge is 0.454 e. The summed E-state index contributed by atoms with van der Waals surface area (Å²) >= 11 is 0. The van der Waals surface area contributed by atoms with E-state index in [1.54, 1.807) is 6.07 Å². The molecule has 0 bridgehead atoms. The van der Waals surface area contributed by atoms with Crippen LogP contribution in [0.4, 0.5) is 5.69 Å². The Kier molecular flexibility index (Phi) is 5.88. The fourth-order valence-electron chi connectivity index (χ4n) is 2.53. The lowest BCUT2D eigenvalue weighted by molar-refractivity contribution is -0.116. The molecule has 6 nitrogen and oxygen atoms in total. The van der Waals surface area contributed by atoms with Gasteiger partial charge in [-0.05, 0) is 19.2 Å². The van der Waals surface area contributed by atoms with E-state index in [4.69, 9.17) is 9.47 Å². The van der Waals surface area contributed by atoms with Crippen LogP contribution in [-0.2, 0) is 4.79 Å². The number of fused-ring (bicyclic) bond motifs is 1. The SMILES string of the molecule is CN1CCN(CCC(=O)Nc2ccc3c(c2)OCO3)CC1.Cl. The number of amides is 1. The van der Waals surface area contributed by atoms with E-state index in [1.807, 2.05) is 12.1 Å². The number of piperazine rings is 1. The molecule has 1 fully saturated rings. The maximum absolute atomic E-state index is 12.0. The molecule has 1 amide bonds. The van der Waals surface area contributed by atoms with Crippen LogP contribution in [0.1, 0.15) is 6.42 Å². The second kappa shape index (κ2) is 7.67. The summed E-state index contributed by atoms with van der Waals surface area (Å²) in [4.78, 5) is 16.6. The van der Waals surface area contributed by atoms with Crippen LogP contribution in [0.25, 0.3) is 0 Å². The number of carbonyl (C=O) groups is 1. The van der Waals surface area contributed by atoms with Crippen molar-refractivity contribution < 1.29 is 14.3 Å². The number of nitrogens with one attached hydrogen (secondary N) is 1. The summed E-state index contributed by atoms with van der Waals surface area (Å²) in [6, 6.07) is 5.45. The molecule has 0 saturated carbocycles. The predicted octanol–water partition coefficient (Wildman–Crippen LogP) is 1.41. The summed E-state index contributed by atoms with van der Waals surface area (Å²) < 4.78 is 10.5. The van der Waals surface area contributed by atoms with Crippen molar-refractivity contribution >= 4 is 24.0 Å². The Balaban J connectivity index is 0.00000176. The van der Waals surface area contributed by atoms with Gasteiger partial charge in [0.25, 0.3) is 0 Å². The van der Waals surface area contributed by atoms with E-state index in [2.05, 4.69) is 22.2 Å². The Hall–Kier alpha value is -1.50. The van der Waals surface area contributed by atoms with E-state index < -0.39 is 0 Å². The first-order valence-corrected chi connectivity index (χ1v) is 7.31. The van der Waals surface area contributed by atoms with E-state index in [9.17, 15) is 4.79 Å². The van der Waals surface area contributed by atoms with E-state index in [-0.39, 0.29) is 25.1 Å². The van der Waals surface area contributed by atoms with E-state index in [1.165, 1.54) is 0 Å². The van der Waals surface area contributed by atoms with Crippen molar-refractivity contribution in [2.75, 3.05) is 51.9 Å². The number of rotatable bonds is 4. The zero-order chi connectivity index (χ0) is 14.7. The highest BCUT2D eigenvalue weighted by Gasteiger charge is 2.16. The average molecular weight is 328 g/mol. The number of benzene rings is 1. The van der Waals surface area contributed by atoms with E-state index in [0.717, 1.165) is 44.2 Å². The van der Waals surface area contributed by atoms with Gasteiger partial charge in [0, 0.05) is 50.9 Å². The third-order valence-corrected chi connectivity index (χ3v) is 3.91. The molecular formula is C15H22ClN3O3. The molecule has 0 spiro atoms. The molecule has 0 aliphatic carbocycles. The predicted molar refractivity (Wildman–Crippen MR) is 87.0 cm³/mol. The third-order valence-electron chi connectivity index (χ3n) is 3.91. The highest BCUT2D eigenvalue weighted by Crippen LogP contribution is 2.34. The second-order valence-electron chi connectivity index (χ2n) is 5.51. The molecule has 1 saturated heterocycles. The van der Waals surface area contributed by atoms with Gasteiger partial charge in [-0.25, -0.2) is 0 Å². The van der Waals surface area contributed by atoms with Crippen LogP contribution < -0.4 is 14.8 Å². The molecule has 22 heavy (non-hydrogen) atoms. The van der Waals surface area contributed by atoms with Gasteiger partial charge in [0.05, 0.1) is 0 Å². The smallest absolute Gasteiger partial charge is 0.231 e. The van der Waals surface area contributed by atoms with Crippen molar-refractivity contribution in [1.29, 1.82) is 0 Å². The van der Waals surface area contributed by atoms with Gasteiger partial charge in [-0.1, -0.05) is 0 Å². The van der Waals surface area contributed by atoms with Gasteiger partial charge in [0.2, 0.25) is 12.7 Å². The Morgan fingerprint density at radius 1 is 1.18 bits per heavy atom. The molecule has 0 atom stereocenters. The van der Waals surface area contributed by atoms with Gasteiger partial charge < -0.3 is 24.6 Å². The molecular weight excluding hydrogens is 306 g/mol. The van der Waals surface area contributed by atoms with Crippen LogP contribution in [0.5, 0.6) is 11.5 Å². The fourth-order valence-corrected chi connectivity index (χ4v) is 2.53. The van der Waals surface area contributed by atoms with Crippen molar-refractivity contribution in [2.24, 2.45) is 0 Å². The van der Waals surface area contributed by atoms with Crippen LogP contribution in [0.15, 0.2) is 18.2 Å². The fraction of sp³-hybridized carbons (Fsp3) is 0.533. The quantitative estimate of drug-likeness (QED) is 0.906. The topological polar surface area (TPSA) is 54.0 Å². The number of hydrogen-bond donors (Lipinski definition) is 1. The average Bonchev–Trinajstić information content (AvgIpc) is 2.94. The summed E-state index contributed by atoms with van der Waals surface area (Å²) in [6.07, 6.45) is 0.512. The van der Waals surface area contributed by atoms with Crippen molar-refractivity contribution in [3.63, 3.8) is 0 Å². The van der Waals surface area contributed by atoms with Crippen molar-refractivity contribution in [3.8, 4) is 11.5 Å². The molecule has 2 aliphatic rings. The van der Waals surface area contributed by atoms with Gasteiger partial charge in [0.1, 0.15) is 0 Å². The van der Waals surface area contributed by atoms with Crippen LogP contribution in [0.2, 0.25) is 0 Å². The lowest BCUT2D eigenvalue weighted by Crippen LogP contribution is -2.45. The zero-order valence-corrected chi connectivity index (χ0v) is 13.5. The van der Waals surface area contributed by atoms with Crippen LogP contribution in [0.3, 0.4) is 0 Å². The molecule has 2 heterocycles. The first kappa shape index (κ1) is 16.9. The minimum atomic E-state index is 0. The highest BCUT2D eigenvalue weighted by atomic mass is 35.5. The summed E-state index contributed by atoms with van der Waals surface area (Å²) in [5, 5.41) is 2.91. The molecule has 1 aromatic carbocycles. The number of anilines is 1. The second-order valence-corrected chi connectivity index (χ2v) is 5.51. The van der Waals surface area contributed by atoms with Crippen LogP contribution in [0, 0.1) is 0 Å². The van der Waals surface area contributed by atoms with Crippen molar-refractivity contribution in [3.05, 3.63) is 18.2 Å². The van der Waals surface area contributed by atoms with Crippen LogP contribution in [-0.4, -0.2) is 62.3 Å². The van der Waals surface area contributed by atoms with E-state index in [0.29, 0.717) is 12.2 Å². The summed E-state index contributed by atoms with van der Waals surface area (Å²) in [7, 11) is 2.13. The third kappa shape index (κ3) is 4.25. The highest BCUT2D eigenvalue weighted by molar-refractivity contribution is 5.91. The molecule has 3 rings (SSSR count). The molecule has 2 aliphatic heterocycles. The number of carbonyl (C=O) groups excluding carboxylic acids is 1. The summed E-state index contributed by atoms with van der Waals surface area (Å²) in [5.41, 5.74) is 0.752. The summed E-state index contributed by atoms with van der Waals surface area (Å²) in [6.45, 7) is 5.27. The maximum atomic E-state index is 12.0. The molecule has 1 N–H and O–H groups in total. The van der Waals surface area contributed by atoms with Gasteiger partial charge in [-0.15, -0.1) is 12.4 Å². The van der Waals surface area contributed by atoms with E-state index >= 15 is 0 Å². The Morgan fingerprint density at radius 2 is 1.91 bits per heavy atom. The monoisotopic (exact) mass is 327 g/mol. The normalized spacial score (nSPS) is 17.9. The van der Waals surface area contributed by atoms with Gasteiger partial charge >= 0.3 is 0 Å². The first-order chi connectivity index (χ1) is 10.2. The first-order valence-electron chi connectivity index (χ1n) is 7.31. The number of hydrogen-bond acceptors (Lipinski definition) is 5. The number of halogens is 1. The summed E-state index contributed by atoms with van der Waals surface area (Å²) in [5.74, 6) is 1.45. The Bertz CT molecular complexity index is 519. The lowest BCUT2D eigenvalue weighted by Gasteiger charge is -2.32. The molecule has 7 heteroatoms. The maximum Gasteiger partial charge on any atom is 0.231 e. The Morgan fingerprint density at radius 3 is 2.68 bits per heavy atom. The van der Waals surface area contributed by atoms with Crippen molar-refractivity contribution in [1.82, 2.24) is 9.80 Å². The minimum Gasteiger partial charge on any atom is -0.454 e. The van der Waals surface area contributed by atoms with Gasteiger partial charge in [-0.2, -0.15) is 0 Å². The molecule has 1 aromatic rings. The van der Waals surface area contributed by atoms with Crippen molar-refractivity contribution in [2.45, 2.75) is 6.42 Å². The van der Waals surface area contributed by atoms with Gasteiger partial charge in [0.15, 0.2) is 11.5 Å². The molecule has 0 radical (unpaired) electrons. The minimum absolute atomic E-state index is 0. The number of likely N-dealkylation sites (N-methyl/N-ethyl adjacent to an activating group) is 1. The molecule has 122 valence electrons. The zero-order valence-electron chi connectivity index (χ0n) is 12.7. The number of ether oxygens (including phenoxy) is 2. The van der Waals surface area contributed by atoms with Crippen LogP contribution >= 0.6 is 12.4 Å². The molecule has 0 aromatic heterocycles.